The lowest BCUT2D eigenvalue weighted by Gasteiger charge is -2.25. The molecule has 0 aliphatic carbocycles. The van der Waals surface area contributed by atoms with Gasteiger partial charge >= 0.3 is 0 Å². The molecular formula is C7H9BrClNO. The number of nitrogens with one attached hydrogen (secondary N) is 1. The quantitative estimate of drug-likeness (QED) is 0.813. The third-order valence-electron chi connectivity index (χ3n) is 1.76. The highest BCUT2D eigenvalue weighted by Gasteiger charge is 2.21. The Bertz CT molecular complexity index is 234. The van der Waals surface area contributed by atoms with E-state index in [1.54, 1.807) is 0 Å². The summed E-state index contributed by atoms with van der Waals surface area (Å²) in [6.07, 6.45) is 1.19. The van der Waals surface area contributed by atoms with E-state index in [0.717, 1.165) is 17.0 Å². The summed E-state index contributed by atoms with van der Waals surface area (Å²) >= 11 is 3.26. The van der Waals surface area contributed by atoms with Crippen LogP contribution in [0.5, 0.6) is 0 Å². The summed E-state index contributed by atoms with van der Waals surface area (Å²) in [5, 5.41) is 3.26. The van der Waals surface area contributed by atoms with E-state index in [2.05, 4.69) is 21.2 Å². The summed E-state index contributed by atoms with van der Waals surface area (Å²) in [7, 11) is 0. The highest BCUT2D eigenvalue weighted by Crippen LogP contribution is 2.26. The van der Waals surface area contributed by atoms with Crippen LogP contribution in [-0.2, 0) is 0 Å². The molecule has 0 amide bonds. The first-order valence-corrected chi connectivity index (χ1v) is 4.14. The SMILES string of the molecule is Brc1ccc([C@H]2CCN2)o1.Cl. The molecule has 2 rings (SSSR count). The van der Waals surface area contributed by atoms with Crippen molar-refractivity contribution in [1.29, 1.82) is 0 Å². The van der Waals surface area contributed by atoms with Gasteiger partial charge in [-0.3, -0.25) is 0 Å². The molecule has 1 fully saturated rings. The Hall–Kier alpha value is 0.01000. The predicted octanol–water partition coefficient (Wildman–Crippen LogP) is 2.50. The van der Waals surface area contributed by atoms with Gasteiger partial charge in [-0.25, -0.2) is 0 Å². The van der Waals surface area contributed by atoms with E-state index in [0.29, 0.717) is 6.04 Å². The smallest absolute Gasteiger partial charge is 0.169 e. The first-order chi connectivity index (χ1) is 4.86. The van der Waals surface area contributed by atoms with Crippen molar-refractivity contribution in [3.63, 3.8) is 0 Å². The molecule has 0 radical (unpaired) electrons. The van der Waals surface area contributed by atoms with Crippen LogP contribution in [0, 0.1) is 0 Å². The maximum Gasteiger partial charge on any atom is 0.169 e. The molecule has 4 heteroatoms. The standard InChI is InChI=1S/C7H8BrNO.ClH/c8-7-2-1-6(10-7)5-3-4-9-5;/h1-2,5,9H,3-4H2;1H/t5-;/m1./s1. The van der Waals surface area contributed by atoms with Gasteiger partial charge in [-0.15, -0.1) is 12.4 Å². The lowest BCUT2D eigenvalue weighted by atomic mass is 10.1. The lowest BCUT2D eigenvalue weighted by molar-refractivity contribution is 0.314. The van der Waals surface area contributed by atoms with Crippen molar-refractivity contribution in [3.8, 4) is 0 Å². The van der Waals surface area contributed by atoms with Gasteiger partial charge in [-0.05, 0) is 41.0 Å². The van der Waals surface area contributed by atoms with Crippen molar-refractivity contribution in [2.45, 2.75) is 12.5 Å². The van der Waals surface area contributed by atoms with Gasteiger partial charge in [-0.1, -0.05) is 0 Å². The molecule has 0 saturated carbocycles. The predicted molar refractivity (Wildman–Crippen MR) is 49.0 cm³/mol. The number of rotatable bonds is 1. The number of furan rings is 1. The minimum atomic E-state index is 0. The van der Waals surface area contributed by atoms with E-state index in [-0.39, 0.29) is 12.4 Å². The summed E-state index contributed by atoms with van der Waals surface area (Å²) in [5.41, 5.74) is 0. The molecule has 1 aromatic heterocycles. The van der Waals surface area contributed by atoms with Gasteiger partial charge in [0.2, 0.25) is 0 Å². The fraction of sp³-hybridized carbons (Fsp3) is 0.429. The van der Waals surface area contributed by atoms with Gasteiger partial charge in [0, 0.05) is 0 Å². The average molecular weight is 239 g/mol. The van der Waals surface area contributed by atoms with Crippen LogP contribution >= 0.6 is 28.3 Å². The number of halogens is 2. The van der Waals surface area contributed by atoms with Gasteiger partial charge in [0.15, 0.2) is 4.67 Å². The molecule has 0 unspecified atom stereocenters. The number of hydrogen-bond donors (Lipinski definition) is 1. The Kier molecular flexibility index (Phi) is 2.98. The monoisotopic (exact) mass is 237 g/mol. The summed E-state index contributed by atoms with van der Waals surface area (Å²) in [6.45, 7) is 1.11. The molecule has 62 valence electrons. The largest absolute Gasteiger partial charge is 0.453 e. The molecule has 1 aliphatic heterocycles. The van der Waals surface area contributed by atoms with Crippen molar-refractivity contribution < 1.29 is 4.42 Å². The van der Waals surface area contributed by atoms with Crippen molar-refractivity contribution in [1.82, 2.24) is 5.32 Å². The van der Waals surface area contributed by atoms with Gasteiger partial charge < -0.3 is 9.73 Å². The van der Waals surface area contributed by atoms with Crippen molar-refractivity contribution in [3.05, 3.63) is 22.6 Å². The molecule has 1 N–H and O–H groups in total. The van der Waals surface area contributed by atoms with Crippen molar-refractivity contribution in [2.24, 2.45) is 0 Å². The second-order valence-electron chi connectivity index (χ2n) is 2.44. The van der Waals surface area contributed by atoms with Crippen LogP contribution in [0.25, 0.3) is 0 Å². The first-order valence-electron chi connectivity index (χ1n) is 3.35. The summed E-state index contributed by atoms with van der Waals surface area (Å²) in [4.78, 5) is 0. The molecular weight excluding hydrogens is 229 g/mol. The molecule has 2 heterocycles. The van der Waals surface area contributed by atoms with Gasteiger partial charge in [0.1, 0.15) is 5.76 Å². The highest BCUT2D eigenvalue weighted by atomic mass is 79.9. The molecule has 0 aromatic carbocycles. The second-order valence-corrected chi connectivity index (χ2v) is 3.22. The Labute approximate surface area is 79.9 Å². The second kappa shape index (κ2) is 3.61. The van der Waals surface area contributed by atoms with Crippen molar-refractivity contribution in [2.75, 3.05) is 6.54 Å². The van der Waals surface area contributed by atoms with E-state index >= 15 is 0 Å². The fourth-order valence-corrected chi connectivity index (χ4v) is 1.37. The molecule has 2 nitrogen and oxygen atoms in total. The Morgan fingerprint density at radius 1 is 1.55 bits per heavy atom. The van der Waals surface area contributed by atoms with Crippen LogP contribution in [0.1, 0.15) is 18.2 Å². The van der Waals surface area contributed by atoms with Crippen LogP contribution < -0.4 is 5.32 Å². The van der Waals surface area contributed by atoms with Crippen LogP contribution in [0.3, 0.4) is 0 Å². The zero-order chi connectivity index (χ0) is 6.97. The minimum absolute atomic E-state index is 0. The first kappa shape index (κ1) is 9.10. The lowest BCUT2D eigenvalue weighted by Crippen LogP contribution is -2.34. The Morgan fingerprint density at radius 3 is 2.64 bits per heavy atom. The summed E-state index contributed by atoms with van der Waals surface area (Å²) in [6, 6.07) is 4.39. The van der Waals surface area contributed by atoms with Gasteiger partial charge in [-0.2, -0.15) is 0 Å². The van der Waals surface area contributed by atoms with Crippen LogP contribution in [0.2, 0.25) is 0 Å². The molecule has 11 heavy (non-hydrogen) atoms. The average Bonchev–Trinajstić information content (AvgIpc) is 2.10. The normalized spacial score (nSPS) is 22.1. The van der Waals surface area contributed by atoms with E-state index in [9.17, 15) is 0 Å². The molecule has 1 atom stereocenters. The topological polar surface area (TPSA) is 25.2 Å². The molecule has 1 aliphatic rings. The van der Waals surface area contributed by atoms with Crippen LogP contribution in [0.15, 0.2) is 21.2 Å². The van der Waals surface area contributed by atoms with Gasteiger partial charge in [0.25, 0.3) is 0 Å². The summed E-state index contributed by atoms with van der Waals surface area (Å²) in [5.74, 6) is 1.04. The van der Waals surface area contributed by atoms with Crippen molar-refractivity contribution >= 4 is 28.3 Å². The molecule has 0 spiro atoms. The van der Waals surface area contributed by atoms with Crippen LogP contribution in [0.4, 0.5) is 0 Å². The third-order valence-corrected chi connectivity index (χ3v) is 2.19. The maximum absolute atomic E-state index is 5.34. The minimum Gasteiger partial charge on any atom is -0.453 e. The van der Waals surface area contributed by atoms with Crippen LogP contribution in [-0.4, -0.2) is 6.54 Å². The third kappa shape index (κ3) is 1.78. The zero-order valence-electron chi connectivity index (χ0n) is 5.84. The molecule has 1 saturated heterocycles. The molecule has 1 aromatic rings. The Morgan fingerprint density at radius 2 is 2.27 bits per heavy atom. The fourth-order valence-electron chi connectivity index (χ4n) is 1.05. The zero-order valence-corrected chi connectivity index (χ0v) is 8.24. The number of hydrogen-bond acceptors (Lipinski definition) is 2. The van der Waals surface area contributed by atoms with Gasteiger partial charge in [0.05, 0.1) is 6.04 Å². The Balaban J connectivity index is 0.000000605. The maximum atomic E-state index is 5.34. The highest BCUT2D eigenvalue weighted by molar-refractivity contribution is 9.10. The molecule has 0 bridgehead atoms. The van der Waals surface area contributed by atoms with E-state index < -0.39 is 0 Å². The van der Waals surface area contributed by atoms with E-state index in [1.807, 2.05) is 12.1 Å². The summed E-state index contributed by atoms with van der Waals surface area (Å²) < 4.78 is 6.16. The van der Waals surface area contributed by atoms with E-state index in [4.69, 9.17) is 4.42 Å². The van der Waals surface area contributed by atoms with E-state index in [1.165, 1.54) is 6.42 Å².